The molecule has 0 saturated carbocycles. The van der Waals surface area contributed by atoms with Gasteiger partial charge in [-0.15, -0.1) is 0 Å². The minimum absolute atomic E-state index is 0.00451. The summed E-state index contributed by atoms with van der Waals surface area (Å²) in [6.07, 6.45) is 0.0677. The number of aliphatic carboxylic acids is 1. The van der Waals surface area contributed by atoms with Crippen LogP contribution >= 0.6 is 0 Å². The summed E-state index contributed by atoms with van der Waals surface area (Å²) in [4.78, 5) is 35.4. The highest BCUT2D eigenvalue weighted by atomic mass is 16.5. The normalized spacial score (nSPS) is 13.5. The van der Waals surface area contributed by atoms with Crippen molar-refractivity contribution in [3.05, 3.63) is 59.7 Å². The van der Waals surface area contributed by atoms with Gasteiger partial charge < -0.3 is 20.5 Å². The lowest BCUT2D eigenvalue weighted by Gasteiger charge is -2.24. The van der Waals surface area contributed by atoms with Gasteiger partial charge in [0.05, 0.1) is 5.92 Å². The van der Waals surface area contributed by atoms with Gasteiger partial charge in [0.25, 0.3) is 0 Å². The topological polar surface area (TPSA) is 105 Å². The average molecular weight is 453 g/mol. The third kappa shape index (κ3) is 6.34. The number of fused-ring (bicyclic) bond motifs is 3. The molecule has 2 aromatic carbocycles. The number of carboxylic acid groups (broad SMARTS) is 1. The van der Waals surface area contributed by atoms with E-state index in [0.717, 1.165) is 11.1 Å². The van der Waals surface area contributed by atoms with E-state index >= 15 is 0 Å². The summed E-state index contributed by atoms with van der Waals surface area (Å²) in [6.45, 7) is 6.20. The minimum atomic E-state index is -0.878. The van der Waals surface area contributed by atoms with Crippen molar-refractivity contribution in [2.24, 2.45) is 11.3 Å². The zero-order chi connectivity index (χ0) is 24.0. The Morgan fingerprint density at radius 1 is 1.00 bits per heavy atom. The highest BCUT2D eigenvalue weighted by Crippen LogP contribution is 2.44. The molecule has 0 fully saturated rings. The molecule has 7 heteroatoms. The molecule has 1 atom stereocenters. The smallest absolute Gasteiger partial charge is 0.407 e. The molecule has 176 valence electrons. The van der Waals surface area contributed by atoms with Crippen LogP contribution in [0.1, 0.15) is 50.7 Å². The molecule has 0 spiro atoms. The van der Waals surface area contributed by atoms with Gasteiger partial charge >= 0.3 is 12.1 Å². The molecule has 2 aromatic rings. The second-order valence-corrected chi connectivity index (χ2v) is 9.40. The average Bonchev–Trinajstić information content (AvgIpc) is 3.09. The van der Waals surface area contributed by atoms with E-state index in [1.807, 2.05) is 38.1 Å². The van der Waals surface area contributed by atoms with Gasteiger partial charge in [-0.3, -0.25) is 9.59 Å². The van der Waals surface area contributed by atoms with Crippen LogP contribution in [0.4, 0.5) is 4.79 Å². The first-order valence-electron chi connectivity index (χ1n) is 11.3. The standard InChI is InChI=1S/C26H32N2O5/c1-17(24(30)31)12-13-27-23(29)14-26(2,3)16-28-25(32)33-15-22-20-10-6-4-8-18(20)19-9-5-7-11-21(19)22/h4-11,17,22H,12-16H2,1-3H3,(H,27,29)(H,28,32)(H,30,31). The second kappa shape index (κ2) is 10.5. The number of carbonyl (C=O) groups excluding carboxylic acids is 2. The summed E-state index contributed by atoms with van der Waals surface area (Å²) in [6, 6.07) is 16.3. The number of alkyl carbamates (subject to hydrolysis) is 1. The van der Waals surface area contributed by atoms with Gasteiger partial charge in [0, 0.05) is 25.4 Å². The fourth-order valence-electron chi connectivity index (χ4n) is 4.07. The van der Waals surface area contributed by atoms with Gasteiger partial charge in [0.15, 0.2) is 0 Å². The Morgan fingerprint density at radius 2 is 1.58 bits per heavy atom. The number of carboxylic acids is 1. The van der Waals surface area contributed by atoms with E-state index in [4.69, 9.17) is 9.84 Å². The molecule has 3 N–H and O–H groups in total. The first-order chi connectivity index (χ1) is 15.7. The summed E-state index contributed by atoms with van der Waals surface area (Å²) in [5.74, 6) is -1.56. The lowest BCUT2D eigenvalue weighted by molar-refractivity contribution is -0.141. The predicted octanol–water partition coefficient (Wildman–Crippen LogP) is 4.17. The molecule has 33 heavy (non-hydrogen) atoms. The molecule has 0 saturated heterocycles. The first-order valence-corrected chi connectivity index (χ1v) is 11.3. The lowest BCUT2D eigenvalue weighted by Crippen LogP contribution is -2.38. The molecule has 0 heterocycles. The Labute approximate surface area is 194 Å². The predicted molar refractivity (Wildman–Crippen MR) is 126 cm³/mol. The van der Waals surface area contributed by atoms with Crippen molar-refractivity contribution in [2.75, 3.05) is 19.7 Å². The van der Waals surface area contributed by atoms with E-state index in [2.05, 4.69) is 34.9 Å². The van der Waals surface area contributed by atoms with E-state index in [9.17, 15) is 14.4 Å². The molecule has 1 unspecified atom stereocenters. The maximum atomic E-state index is 12.4. The van der Waals surface area contributed by atoms with Gasteiger partial charge in [0.1, 0.15) is 6.61 Å². The molecular weight excluding hydrogens is 420 g/mol. The van der Waals surface area contributed by atoms with Crippen molar-refractivity contribution in [1.29, 1.82) is 0 Å². The highest BCUT2D eigenvalue weighted by Gasteiger charge is 2.29. The van der Waals surface area contributed by atoms with Crippen molar-refractivity contribution in [3.8, 4) is 11.1 Å². The Kier molecular flexibility index (Phi) is 7.74. The van der Waals surface area contributed by atoms with Crippen LogP contribution in [0, 0.1) is 11.3 Å². The molecular formula is C26H32N2O5. The summed E-state index contributed by atoms with van der Waals surface area (Å²) in [7, 11) is 0. The van der Waals surface area contributed by atoms with Crippen LogP contribution in [-0.4, -0.2) is 42.8 Å². The molecule has 1 aliphatic carbocycles. The highest BCUT2D eigenvalue weighted by molar-refractivity contribution is 5.79. The van der Waals surface area contributed by atoms with Crippen LogP contribution in [0.15, 0.2) is 48.5 Å². The number of rotatable bonds is 10. The summed E-state index contributed by atoms with van der Waals surface area (Å²) in [5.41, 5.74) is 4.18. The van der Waals surface area contributed by atoms with Crippen LogP contribution in [-0.2, 0) is 14.3 Å². The fourth-order valence-corrected chi connectivity index (χ4v) is 4.07. The van der Waals surface area contributed by atoms with Gasteiger partial charge in [-0.2, -0.15) is 0 Å². The number of amides is 2. The Hall–Kier alpha value is -3.35. The zero-order valence-corrected chi connectivity index (χ0v) is 19.4. The first kappa shape index (κ1) is 24.3. The van der Waals surface area contributed by atoms with Gasteiger partial charge in [-0.1, -0.05) is 69.3 Å². The summed E-state index contributed by atoms with van der Waals surface area (Å²) < 4.78 is 5.55. The van der Waals surface area contributed by atoms with E-state index in [0.29, 0.717) is 13.0 Å². The number of hydrogen-bond donors (Lipinski definition) is 3. The summed E-state index contributed by atoms with van der Waals surface area (Å²) >= 11 is 0. The molecule has 0 aliphatic heterocycles. The third-order valence-electron chi connectivity index (χ3n) is 6.02. The molecule has 0 aromatic heterocycles. The quantitative estimate of drug-likeness (QED) is 0.502. The van der Waals surface area contributed by atoms with Crippen molar-refractivity contribution in [3.63, 3.8) is 0 Å². The van der Waals surface area contributed by atoms with Crippen molar-refractivity contribution >= 4 is 18.0 Å². The van der Waals surface area contributed by atoms with Gasteiger partial charge in [-0.05, 0) is 34.1 Å². The van der Waals surface area contributed by atoms with Crippen LogP contribution < -0.4 is 10.6 Å². The maximum absolute atomic E-state index is 12.4. The second-order valence-electron chi connectivity index (χ2n) is 9.40. The van der Waals surface area contributed by atoms with Crippen LogP contribution in [0.25, 0.3) is 11.1 Å². The van der Waals surface area contributed by atoms with Gasteiger partial charge in [0.2, 0.25) is 5.91 Å². The third-order valence-corrected chi connectivity index (χ3v) is 6.02. The Bertz CT molecular complexity index is 972. The molecule has 1 aliphatic rings. The number of benzene rings is 2. The molecule has 0 bridgehead atoms. The molecule has 3 rings (SSSR count). The maximum Gasteiger partial charge on any atom is 0.407 e. The molecule has 2 amide bonds. The SMILES string of the molecule is CC(CCNC(=O)CC(C)(C)CNC(=O)OCC1c2ccccc2-c2ccccc21)C(=O)O. The van der Waals surface area contributed by atoms with E-state index in [1.165, 1.54) is 11.1 Å². The van der Waals surface area contributed by atoms with Crippen molar-refractivity contribution in [2.45, 2.75) is 39.5 Å². The monoisotopic (exact) mass is 452 g/mol. The van der Waals surface area contributed by atoms with E-state index in [-0.39, 0.29) is 31.4 Å². The van der Waals surface area contributed by atoms with E-state index in [1.54, 1.807) is 6.92 Å². The molecule has 7 nitrogen and oxygen atoms in total. The lowest BCUT2D eigenvalue weighted by atomic mass is 9.89. The minimum Gasteiger partial charge on any atom is -0.481 e. The van der Waals surface area contributed by atoms with Crippen molar-refractivity contribution < 1.29 is 24.2 Å². The zero-order valence-electron chi connectivity index (χ0n) is 19.4. The number of nitrogens with one attached hydrogen (secondary N) is 2. The van der Waals surface area contributed by atoms with Crippen LogP contribution in [0.3, 0.4) is 0 Å². The number of carbonyl (C=O) groups is 3. The number of ether oxygens (including phenoxy) is 1. The Balaban J connectivity index is 1.46. The number of hydrogen-bond acceptors (Lipinski definition) is 4. The largest absolute Gasteiger partial charge is 0.481 e. The van der Waals surface area contributed by atoms with E-state index < -0.39 is 23.4 Å². The van der Waals surface area contributed by atoms with Crippen LogP contribution in [0.2, 0.25) is 0 Å². The molecule has 0 radical (unpaired) electrons. The van der Waals surface area contributed by atoms with Crippen molar-refractivity contribution in [1.82, 2.24) is 10.6 Å². The Morgan fingerprint density at radius 3 is 2.15 bits per heavy atom. The summed E-state index contributed by atoms with van der Waals surface area (Å²) in [5, 5.41) is 14.4. The fraction of sp³-hybridized carbons (Fsp3) is 0.423. The van der Waals surface area contributed by atoms with Gasteiger partial charge in [-0.25, -0.2) is 4.79 Å². The van der Waals surface area contributed by atoms with Crippen LogP contribution in [0.5, 0.6) is 0 Å².